The number of fused-ring (bicyclic) bond motifs is 3. The zero-order valence-corrected chi connectivity index (χ0v) is 7.66. The minimum absolute atomic E-state index is 0.0372. The van der Waals surface area contributed by atoms with Gasteiger partial charge < -0.3 is 10.5 Å². The average molecular weight is 181 g/mol. The molecule has 4 atom stereocenters. The Morgan fingerprint density at radius 3 is 2.85 bits per heavy atom. The first-order chi connectivity index (χ1) is 6.22. The third-order valence-electron chi connectivity index (χ3n) is 4.26. The molecule has 0 amide bonds. The summed E-state index contributed by atoms with van der Waals surface area (Å²) in [7, 11) is 0. The fraction of sp³-hybridized carbons (Fsp3) is 0.900. The molecule has 0 radical (unpaired) electrons. The molecule has 0 aromatic rings. The highest BCUT2D eigenvalue weighted by Gasteiger charge is 2.61. The molecule has 2 saturated carbocycles. The molecule has 3 aliphatic rings. The maximum Gasteiger partial charge on any atom is 0.312 e. The van der Waals surface area contributed by atoms with Gasteiger partial charge in [-0.25, -0.2) is 0 Å². The number of hydrogen-bond donors (Lipinski definition) is 1. The number of hydrogen-bond acceptors (Lipinski definition) is 3. The van der Waals surface area contributed by atoms with E-state index in [1.54, 1.807) is 0 Å². The molecule has 0 aromatic carbocycles. The molecular formula is C10H15NO2. The molecule has 13 heavy (non-hydrogen) atoms. The van der Waals surface area contributed by atoms with Gasteiger partial charge in [-0.3, -0.25) is 4.79 Å². The molecule has 1 aliphatic heterocycles. The summed E-state index contributed by atoms with van der Waals surface area (Å²) in [6.07, 6.45) is 4.25. The number of cyclic esters (lactones) is 1. The second-order valence-corrected chi connectivity index (χ2v) is 4.85. The number of nitrogens with two attached hydrogens (primary N) is 1. The SMILES string of the molecule is NC1CC2CC1C1(CCOC1=O)C2. The Labute approximate surface area is 77.6 Å². The quantitative estimate of drug-likeness (QED) is 0.559. The Morgan fingerprint density at radius 1 is 1.46 bits per heavy atom. The summed E-state index contributed by atoms with van der Waals surface area (Å²) >= 11 is 0. The van der Waals surface area contributed by atoms with Gasteiger partial charge in [0, 0.05) is 6.04 Å². The molecule has 1 heterocycles. The predicted molar refractivity (Wildman–Crippen MR) is 46.8 cm³/mol. The first kappa shape index (κ1) is 7.80. The number of esters is 1. The topological polar surface area (TPSA) is 52.3 Å². The minimum atomic E-state index is -0.150. The van der Waals surface area contributed by atoms with Crippen LogP contribution in [0.4, 0.5) is 0 Å². The Hall–Kier alpha value is -0.570. The second kappa shape index (κ2) is 2.27. The lowest BCUT2D eigenvalue weighted by molar-refractivity contribution is -0.149. The van der Waals surface area contributed by atoms with Crippen molar-refractivity contribution in [2.45, 2.75) is 31.7 Å². The summed E-state index contributed by atoms with van der Waals surface area (Å²) in [6, 6.07) is 0.254. The molecule has 72 valence electrons. The van der Waals surface area contributed by atoms with Crippen molar-refractivity contribution in [2.75, 3.05) is 6.61 Å². The summed E-state index contributed by atoms with van der Waals surface area (Å²) in [5.41, 5.74) is 5.88. The third kappa shape index (κ3) is 0.810. The molecule has 3 nitrogen and oxygen atoms in total. The van der Waals surface area contributed by atoms with Crippen LogP contribution in [0, 0.1) is 17.3 Å². The van der Waals surface area contributed by atoms with Crippen LogP contribution < -0.4 is 5.73 Å². The fourth-order valence-electron chi connectivity index (χ4n) is 3.74. The van der Waals surface area contributed by atoms with Crippen molar-refractivity contribution < 1.29 is 9.53 Å². The molecule has 3 heteroatoms. The predicted octanol–water partition coefficient (Wildman–Crippen LogP) is 0.677. The van der Waals surface area contributed by atoms with Crippen LogP contribution in [-0.4, -0.2) is 18.6 Å². The van der Waals surface area contributed by atoms with Crippen LogP contribution in [0.3, 0.4) is 0 Å². The minimum Gasteiger partial charge on any atom is -0.465 e. The molecule has 2 bridgehead atoms. The third-order valence-corrected chi connectivity index (χ3v) is 4.26. The molecular weight excluding hydrogens is 166 g/mol. The van der Waals surface area contributed by atoms with E-state index >= 15 is 0 Å². The molecule has 1 saturated heterocycles. The van der Waals surface area contributed by atoms with Gasteiger partial charge in [0.25, 0.3) is 0 Å². The first-order valence-electron chi connectivity index (χ1n) is 5.15. The van der Waals surface area contributed by atoms with Crippen LogP contribution in [0.1, 0.15) is 25.7 Å². The van der Waals surface area contributed by atoms with Crippen LogP contribution in [0.25, 0.3) is 0 Å². The van der Waals surface area contributed by atoms with Crippen molar-refractivity contribution in [2.24, 2.45) is 23.0 Å². The molecule has 1 spiro atoms. The molecule has 4 unspecified atom stereocenters. The van der Waals surface area contributed by atoms with Gasteiger partial charge in [0.2, 0.25) is 0 Å². The van der Waals surface area contributed by atoms with E-state index in [-0.39, 0.29) is 17.4 Å². The van der Waals surface area contributed by atoms with Gasteiger partial charge in [-0.05, 0) is 37.5 Å². The Bertz CT molecular complexity index is 266. The first-order valence-corrected chi connectivity index (χ1v) is 5.15. The van der Waals surface area contributed by atoms with E-state index in [1.807, 2.05) is 0 Å². The molecule has 3 fully saturated rings. The standard InChI is InChI=1S/C10H15NO2/c11-8-4-6-3-7(8)10(5-6)1-2-13-9(10)12/h6-8H,1-5,11H2. The van der Waals surface area contributed by atoms with E-state index in [9.17, 15) is 4.79 Å². The fourth-order valence-corrected chi connectivity index (χ4v) is 3.74. The van der Waals surface area contributed by atoms with Crippen LogP contribution in [0.5, 0.6) is 0 Å². The molecule has 0 aromatic heterocycles. The van der Waals surface area contributed by atoms with Crippen molar-refractivity contribution in [3.05, 3.63) is 0 Å². The summed E-state index contributed by atoms with van der Waals surface area (Å²) in [4.78, 5) is 11.7. The Kier molecular flexibility index (Phi) is 1.36. The summed E-state index contributed by atoms with van der Waals surface area (Å²) in [5, 5.41) is 0. The number of rotatable bonds is 0. The molecule has 2 N–H and O–H groups in total. The Morgan fingerprint density at radius 2 is 2.31 bits per heavy atom. The van der Waals surface area contributed by atoms with Crippen LogP contribution >= 0.6 is 0 Å². The van der Waals surface area contributed by atoms with Crippen LogP contribution in [-0.2, 0) is 9.53 Å². The van der Waals surface area contributed by atoms with E-state index < -0.39 is 0 Å². The van der Waals surface area contributed by atoms with Gasteiger partial charge in [0.1, 0.15) is 0 Å². The van der Waals surface area contributed by atoms with E-state index in [4.69, 9.17) is 10.5 Å². The lowest BCUT2D eigenvalue weighted by atomic mass is 9.70. The van der Waals surface area contributed by atoms with Crippen molar-refractivity contribution in [3.8, 4) is 0 Å². The van der Waals surface area contributed by atoms with Gasteiger partial charge in [-0.1, -0.05) is 0 Å². The zero-order chi connectivity index (χ0) is 9.05. The highest BCUT2D eigenvalue weighted by molar-refractivity contribution is 5.80. The Balaban J connectivity index is 1.97. The van der Waals surface area contributed by atoms with Gasteiger partial charge in [-0.2, -0.15) is 0 Å². The van der Waals surface area contributed by atoms with Gasteiger partial charge >= 0.3 is 5.97 Å². The smallest absolute Gasteiger partial charge is 0.312 e. The zero-order valence-electron chi connectivity index (χ0n) is 7.66. The van der Waals surface area contributed by atoms with Gasteiger partial charge in [-0.15, -0.1) is 0 Å². The second-order valence-electron chi connectivity index (χ2n) is 4.85. The van der Waals surface area contributed by atoms with Crippen molar-refractivity contribution in [1.29, 1.82) is 0 Å². The lowest BCUT2D eigenvalue weighted by Crippen LogP contribution is -2.43. The van der Waals surface area contributed by atoms with E-state index in [0.717, 1.165) is 25.7 Å². The van der Waals surface area contributed by atoms with E-state index in [2.05, 4.69) is 0 Å². The number of carbonyl (C=O) groups is 1. The summed E-state index contributed by atoms with van der Waals surface area (Å²) < 4.78 is 5.10. The number of ether oxygens (including phenoxy) is 1. The molecule has 2 aliphatic carbocycles. The normalized spacial score (nSPS) is 53.3. The summed E-state index contributed by atoms with van der Waals surface area (Å²) in [6.45, 7) is 0.620. The average Bonchev–Trinajstić information content (AvgIpc) is 2.69. The summed E-state index contributed by atoms with van der Waals surface area (Å²) in [5.74, 6) is 1.16. The van der Waals surface area contributed by atoms with Gasteiger partial charge in [0.05, 0.1) is 12.0 Å². The van der Waals surface area contributed by atoms with Crippen molar-refractivity contribution in [3.63, 3.8) is 0 Å². The van der Waals surface area contributed by atoms with Crippen LogP contribution in [0.15, 0.2) is 0 Å². The van der Waals surface area contributed by atoms with Crippen LogP contribution in [0.2, 0.25) is 0 Å². The highest BCUT2D eigenvalue weighted by Crippen LogP contribution is 2.59. The van der Waals surface area contributed by atoms with E-state index in [1.165, 1.54) is 0 Å². The van der Waals surface area contributed by atoms with Crippen molar-refractivity contribution in [1.82, 2.24) is 0 Å². The van der Waals surface area contributed by atoms with E-state index in [0.29, 0.717) is 18.4 Å². The molecule has 3 rings (SSSR count). The maximum atomic E-state index is 11.7. The largest absolute Gasteiger partial charge is 0.465 e. The number of carbonyl (C=O) groups excluding carboxylic acids is 1. The lowest BCUT2D eigenvalue weighted by Gasteiger charge is -2.33. The van der Waals surface area contributed by atoms with Gasteiger partial charge in [0.15, 0.2) is 0 Å². The monoisotopic (exact) mass is 181 g/mol. The highest BCUT2D eigenvalue weighted by atomic mass is 16.5. The maximum absolute atomic E-state index is 11.7. The van der Waals surface area contributed by atoms with Crippen molar-refractivity contribution >= 4 is 5.97 Å².